The number of aliphatic imine (C=N–C) groups is 1. The summed E-state index contributed by atoms with van der Waals surface area (Å²) in [6.45, 7) is 0. The van der Waals surface area contributed by atoms with Crippen molar-refractivity contribution in [3.05, 3.63) is 24.3 Å². The molecule has 0 fully saturated rings. The Bertz CT molecular complexity index is 386. The number of rotatable bonds is 0. The highest BCUT2D eigenvalue weighted by Crippen LogP contribution is 2.40. The Morgan fingerprint density at radius 2 is 1.93 bits per heavy atom. The molecular weight excluding hydrogens is 396 g/mol. The summed E-state index contributed by atoms with van der Waals surface area (Å²) in [5.41, 5.74) is 1.01. The van der Waals surface area contributed by atoms with Crippen molar-refractivity contribution in [2.75, 3.05) is 0 Å². The van der Waals surface area contributed by atoms with Crippen LogP contribution in [0, 0.1) is 0 Å². The number of nitrogens with zero attached hydrogens (tertiary/aromatic N) is 1. The van der Waals surface area contributed by atoms with Crippen molar-refractivity contribution < 1.29 is 0 Å². The smallest absolute Gasteiger partial charge is 0.192 e. The Morgan fingerprint density at radius 3 is 2.64 bits per heavy atom. The number of nitrogens with one attached hydrogen (secondary N) is 1. The molecule has 0 saturated carbocycles. The third-order valence-electron chi connectivity index (χ3n) is 1.66. The minimum atomic E-state index is -0.465. The van der Waals surface area contributed by atoms with Crippen LogP contribution in [0.3, 0.4) is 0 Å². The van der Waals surface area contributed by atoms with Crippen LogP contribution in [0.15, 0.2) is 34.2 Å². The van der Waals surface area contributed by atoms with Crippen LogP contribution in [0.1, 0.15) is 0 Å². The van der Waals surface area contributed by atoms with E-state index >= 15 is 0 Å². The standard InChI is InChI=1S/C8H6Br3N2S/c9-8(10,11)7-12-5-3-1-2-4-6(5)14-13-7/h1-4,14H,(H,12,13). The lowest BCUT2D eigenvalue weighted by Gasteiger charge is -2.22. The van der Waals surface area contributed by atoms with Gasteiger partial charge in [-0.05, 0) is 12.1 Å². The van der Waals surface area contributed by atoms with E-state index in [4.69, 9.17) is 0 Å². The summed E-state index contributed by atoms with van der Waals surface area (Å²) in [7, 11) is 0. The highest BCUT2D eigenvalue weighted by Gasteiger charge is 2.28. The van der Waals surface area contributed by atoms with Gasteiger partial charge >= 0.3 is 0 Å². The molecule has 1 heterocycles. The maximum atomic E-state index is 4.47. The fraction of sp³-hybridized carbons (Fsp3) is 0.125. The van der Waals surface area contributed by atoms with Gasteiger partial charge < -0.3 is 4.72 Å². The number of amidine groups is 1. The van der Waals surface area contributed by atoms with Gasteiger partial charge in [0.2, 0.25) is 0 Å². The van der Waals surface area contributed by atoms with Gasteiger partial charge in [-0.25, -0.2) is 4.99 Å². The maximum absolute atomic E-state index is 4.47. The molecular formula is C8H6Br3N2S. The largest absolute Gasteiger partial charge is 0.323 e. The first-order chi connectivity index (χ1) is 6.57. The molecule has 0 aromatic heterocycles. The molecule has 0 amide bonds. The van der Waals surface area contributed by atoms with Crippen molar-refractivity contribution in [3.8, 4) is 0 Å². The second-order valence-corrected chi connectivity index (χ2v) is 10.4. The second kappa shape index (κ2) is 4.15. The fourth-order valence-electron chi connectivity index (χ4n) is 1.04. The number of benzene rings is 1. The third kappa shape index (κ3) is 2.35. The summed E-state index contributed by atoms with van der Waals surface area (Å²) < 4.78 is 2.73. The monoisotopic (exact) mass is 399 g/mol. The van der Waals surface area contributed by atoms with E-state index < -0.39 is 2.14 Å². The summed E-state index contributed by atoms with van der Waals surface area (Å²) in [6.07, 6.45) is 0. The highest BCUT2D eigenvalue weighted by atomic mass is 80.0. The van der Waals surface area contributed by atoms with E-state index in [0.717, 1.165) is 23.5 Å². The Kier molecular flexibility index (Phi) is 3.26. The van der Waals surface area contributed by atoms with Gasteiger partial charge in [-0.3, -0.25) is 0 Å². The van der Waals surface area contributed by atoms with Gasteiger partial charge in [0.25, 0.3) is 0 Å². The second-order valence-electron chi connectivity index (χ2n) is 2.67. The first-order valence-corrected chi connectivity index (χ1v) is 7.06. The predicted molar refractivity (Wildman–Crippen MR) is 73.4 cm³/mol. The predicted octanol–water partition coefficient (Wildman–Crippen LogP) is 3.90. The van der Waals surface area contributed by atoms with Crippen molar-refractivity contribution in [3.63, 3.8) is 0 Å². The molecule has 0 unspecified atom stereocenters. The minimum absolute atomic E-state index is 0.465. The van der Waals surface area contributed by atoms with Crippen LogP contribution in [0.2, 0.25) is 0 Å². The van der Waals surface area contributed by atoms with Crippen molar-refractivity contribution in [1.82, 2.24) is 4.72 Å². The topological polar surface area (TPSA) is 24.4 Å². The highest BCUT2D eigenvalue weighted by molar-refractivity contribution is 9.40. The van der Waals surface area contributed by atoms with Crippen LogP contribution >= 0.6 is 59.7 Å². The molecule has 0 atom stereocenters. The van der Waals surface area contributed by atoms with Gasteiger partial charge in [-0.15, -0.1) is 11.9 Å². The number of halogens is 3. The molecule has 6 heteroatoms. The number of fused-ring (bicyclic) bond motifs is 1. The van der Waals surface area contributed by atoms with Crippen molar-refractivity contribution in [1.29, 1.82) is 0 Å². The van der Waals surface area contributed by atoms with Gasteiger partial charge in [-0.1, -0.05) is 59.9 Å². The van der Waals surface area contributed by atoms with Gasteiger partial charge in [0, 0.05) is 4.90 Å². The molecule has 1 aliphatic rings. The summed E-state index contributed by atoms with van der Waals surface area (Å²) in [5, 5.41) is 0. The molecule has 1 aliphatic heterocycles. The summed E-state index contributed by atoms with van der Waals surface area (Å²) in [4.78, 5) is 5.66. The molecule has 1 N–H and O–H groups in total. The lowest BCUT2D eigenvalue weighted by Crippen LogP contribution is -2.30. The van der Waals surface area contributed by atoms with Crippen molar-refractivity contribution in [2.45, 2.75) is 7.04 Å². The SMILES string of the molecule is BrC(Br)(Br)C1=Nc2ccccc2[SH]N1. The van der Waals surface area contributed by atoms with E-state index in [1.54, 1.807) is 0 Å². The van der Waals surface area contributed by atoms with Crippen LogP contribution in [0.25, 0.3) is 0 Å². The van der Waals surface area contributed by atoms with Gasteiger partial charge in [0.1, 0.15) is 0 Å². The average molecular weight is 402 g/mol. The number of thiol groups is 1. The van der Waals surface area contributed by atoms with Crippen LogP contribution in [0.4, 0.5) is 5.69 Å². The zero-order valence-corrected chi connectivity index (χ0v) is 12.5. The molecule has 0 saturated heterocycles. The van der Waals surface area contributed by atoms with Gasteiger partial charge in [-0.2, -0.15) is 0 Å². The van der Waals surface area contributed by atoms with Crippen LogP contribution in [-0.4, -0.2) is 7.98 Å². The Hall–Kier alpha value is 0.480. The summed E-state index contributed by atoms with van der Waals surface area (Å²) >= 11 is 11.3. The molecule has 2 nitrogen and oxygen atoms in total. The van der Waals surface area contributed by atoms with Crippen molar-refractivity contribution in [2.24, 2.45) is 4.99 Å². The number of para-hydroxylation sites is 1. The Morgan fingerprint density at radius 1 is 1.21 bits per heavy atom. The minimum Gasteiger partial charge on any atom is -0.323 e. The third-order valence-corrected chi connectivity index (χ3v) is 3.73. The van der Waals surface area contributed by atoms with Crippen LogP contribution in [-0.2, 0) is 0 Å². The molecule has 0 bridgehead atoms. The van der Waals surface area contributed by atoms with Crippen molar-refractivity contribution >= 4 is 71.3 Å². The van der Waals surface area contributed by atoms with Gasteiger partial charge in [0.05, 0.1) is 5.69 Å². The lowest BCUT2D eigenvalue weighted by molar-refractivity contribution is 1.26. The molecule has 0 spiro atoms. The normalized spacial score (nSPS) is 15.5. The number of hydrogen-bond donors (Lipinski definition) is 2. The van der Waals surface area contributed by atoms with E-state index in [2.05, 4.69) is 63.6 Å². The van der Waals surface area contributed by atoms with E-state index in [1.807, 2.05) is 18.2 Å². The van der Waals surface area contributed by atoms with E-state index in [-0.39, 0.29) is 0 Å². The molecule has 1 aromatic carbocycles. The molecule has 1 aromatic rings. The van der Waals surface area contributed by atoms with E-state index in [1.165, 1.54) is 4.90 Å². The zero-order valence-electron chi connectivity index (χ0n) is 6.84. The quantitative estimate of drug-likeness (QED) is 0.500. The summed E-state index contributed by atoms with van der Waals surface area (Å²) in [5.74, 6) is 0.817. The molecule has 1 radical (unpaired) electrons. The zero-order chi connectivity index (χ0) is 10.2. The number of alkyl halides is 3. The molecule has 0 aliphatic carbocycles. The lowest BCUT2D eigenvalue weighted by atomic mass is 10.3. The van der Waals surface area contributed by atoms with E-state index in [0.29, 0.717) is 0 Å². The molecule has 14 heavy (non-hydrogen) atoms. The van der Waals surface area contributed by atoms with Crippen LogP contribution in [0.5, 0.6) is 0 Å². The van der Waals surface area contributed by atoms with Crippen LogP contribution < -0.4 is 4.72 Å². The van der Waals surface area contributed by atoms with Gasteiger partial charge in [0.15, 0.2) is 7.98 Å². The average Bonchev–Trinajstić information content (AvgIpc) is 2.16. The first-order valence-electron chi connectivity index (χ1n) is 3.79. The Labute approximate surface area is 111 Å². The Balaban J connectivity index is 2.41. The molecule has 2 rings (SSSR count). The molecule has 75 valence electrons. The maximum Gasteiger partial charge on any atom is 0.192 e. The summed E-state index contributed by atoms with van der Waals surface area (Å²) in [6, 6.07) is 8.06. The number of hydrogen-bond acceptors (Lipinski definition) is 2. The first kappa shape index (κ1) is 11.0. The van der Waals surface area contributed by atoms with E-state index in [9.17, 15) is 0 Å². The fourth-order valence-corrected chi connectivity index (χ4v) is 2.91.